The monoisotopic (exact) mass is 371 g/mol. The van der Waals surface area contributed by atoms with Gasteiger partial charge in [0.2, 0.25) is 17.2 Å². The molecule has 0 aliphatic carbocycles. The fourth-order valence-corrected chi connectivity index (χ4v) is 4.55. The topological polar surface area (TPSA) is 67.2 Å². The maximum Gasteiger partial charge on any atom is 0.223 e. The molecule has 0 fully saturated rings. The number of nitriles is 1. The molecule has 4 heterocycles. The average molecular weight is 371 g/mol. The fraction of sp³-hybridized carbons (Fsp3) is 0. The number of para-hydroxylation sites is 3. The van der Waals surface area contributed by atoms with Crippen LogP contribution in [0, 0.1) is 17.9 Å². The van der Waals surface area contributed by atoms with Gasteiger partial charge >= 0.3 is 0 Å². The van der Waals surface area contributed by atoms with Gasteiger partial charge in [0, 0.05) is 0 Å². The minimum atomic E-state index is 0.570. The van der Waals surface area contributed by atoms with Crippen LogP contribution in [0.3, 0.4) is 0 Å². The van der Waals surface area contributed by atoms with Crippen LogP contribution in [-0.2, 0) is 0 Å². The highest BCUT2D eigenvalue weighted by Gasteiger charge is 2.24. The zero-order valence-electron chi connectivity index (χ0n) is 14.8. The highest BCUT2D eigenvalue weighted by atomic mass is 15.3. The Morgan fingerprint density at radius 1 is 0.759 bits per heavy atom. The van der Waals surface area contributed by atoms with Crippen LogP contribution in [0.2, 0.25) is 0 Å². The molecule has 0 radical (unpaired) electrons. The van der Waals surface area contributed by atoms with Gasteiger partial charge in [0.1, 0.15) is 11.6 Å². The lowest BCUT2D eigenvalue weighted by Gasteiger charge is -1.99. The number of hydrogen-bond donors (Lipinski definition) is 0. The summed E-state index contributed by atoms with van der Waals surface area (Å²) < 4.78 is 6.10. The van der Waals surface area contributed by atoms with Gasteiger partial charge in [-0.1, -0.05) is 24.3 Å². The summed E-state index contributed by atoms with van der Waals surface area (Å²) >= 11 is 0. The molecule has 0 saturated carbocycles. The molecule has 0 aliphatic rings. The van der Waals surface area contributed by atoms with Crippen molar-refractivity contribution in [3.8, 4) is 6.07 Å². The van der Waals surface area contributed by atoms with Crippen molar-refractivity contribution >= 4 is 55.9 Å². The van der Waals surface area contributed by atoms with Crippen LogP contribution >= 0.6 is 0 Å². The zero-order valence-corrected chi connectivity index (χ0v) is 14.8. The molecule has 0 bridgehead atoms. The Kier molecular flexibility index (Phi) is 2.30. The summed E-state index contributed by atoms with van der Waals surface area (Å²) in [6.45, 7) is 7.58. The van der Waals surface area contributed by atoms with E-state index in [9.17, 15) is 5.26 Å². The molecule has 7 nitrogen and oxygen atoms in total. The molecule has 7 aromatic rings. The van der Waals surface area contributed by atoms with Crippen LogP contribution in [0.25, 0.3) is 55.0 Å². The van der Waals surface area contributed by atoms with E-state index in [-0.39, 0.29) is 0 Å². The van der Waals surface area contributed by atoms with E-state index < -0.39 is 0 Å². The van der Waals surface area contributed by atoms with E-state index in [0.29, 0.717) is 22.8 Å². The lowest BCUT2D eigenvalue weighted by molar-refractivity contribution is 1.15. The normalized spacial score (nSPS) is 12.1. The SMILES string of the molecule is [C-]#[N+]c1cccc2nc3n(c4cccc5c4n3c3nc4cccc(C#N)c4n53)c12. The van der Waals surface area contributed by atoms with Gasteiger partial charge < -0.3 is 0 Å². The van der Waals surface area contributed by atoms with Crippen molar-refractivity contribution in [2.75, 3.05) is 0 Å². The van der Waals surface area contributed by atoms with Gasteiger partial charge in [-0.05, 0) is 30.3 Å². The van der Waals surface area contributed by atoms with Gasteiger partial charge in [-0.25, -0.2) is 19.2 Å². The van der Waals surface area contributed by atoms with Crippen molar-refractivity contribution in [2.45, 2.75) is 0 Å². The molecule has 3 aromatic carbocycles. The first-order valence-electron chi connectivity index (χ1n) is 9.06. The summed E-state index contributed by atoms with van der Waals surface area (Å²) in [5, 5.41) is 9.63. The second-order valence-corrected chi connectivity index (χ2v) is 7.02. The van der Waals surface area contributed by atoms with Crippen LogP contribution in [0.4, 0.5) is 5.69 Å². The summed E-state index contributed by atoms with van der Waals surface area (Å²) in [6, 6.07) is 19.5. The molecular formula is C22H9N7. The van der Waals surface area contributed by atoms with Crippen LogP contribution in [0.15, 0.2) is 54.6 Å². The molecular weight excluding hydrogens is 362 g/mol. The molecule has 0 spiro atoms. The maximum atomic E-state index is 9.63. The molecule has 0 saturated heterocycles. The quantitative estimate of drug-likeness (QED) is 0.367. The highest BCUT2D eigenvalue weighted by Crippen LogP contribution is 2.36. The number of benzene rings is 3. The number of imidazole rings is 4. The first-order chi connectivity index (χ1) is 14.3. The Balaban J connectivity index is 1.87. The third kappa shape index (κ3) is 1.47. The van der Waals surface area contributed by atoms with Crippen molar-refractivity contribution in [1.29, 1.82) is 5.26 Å². The van der Waals surface area contributed by atoms with Crippen LogP contribution < -0.4 is 0 Å². The average Bonchev–Trinajstić information content (AvgIpc) is 3.46. The molecule has 0 aliphatic heterocycles. The summed E-state index contributed by atoms with van der Waals surface area (Å²) in [7, 11) is 0. The smallest absolute Gasteiger partial charge is 0.223 e. The van der Waals surface area contributed by atoms with Gasteiger partial charge in [-0.2, -0.15) is 5.26 Å². The molecule has 4 aromatic heterocycles. The lowest BCUT2D eigenvalue weighted by atomic mass is 10.2. The second-order valence-electron chi connectivity index (χ2n) is 7.02. The second kappa shape index (κ2) is 4.61. The predicted octanol–water partition coefficient (Wildman–Crippen LogP) is 4.55. The van der Waals surface area contributed by atoms with E-state index in [1.807, 2.05) is 67.8 Å². The van der Waals surface area contributed by atoms with E-state index in [4.69, 9.17) is 16.5 Å². The fourth-order valence-electron chi connectivity index (χ4n) is 4.55. The van der Waals surface area contributed by atoms with Crippen molar-refractivity contribution < 1.29 is 0 Å². The largest absolute Gasteiger partial charge is 0.286 e. The van der Waals surface area contributed by atoms with E-state index in [1.165, 1.54) is 0 Å². The van der Waals surface area contributed by atoms with Crippen molar-refractivity contribution in [1.82, 2.24) is 23.2 Å². The minimum Gasteiger partial charge on any atom is -0.286 e. The third-order valence-electron chi connectivity index (χ3n) is 5.64. The van der Waals surface area contributed by atoms with E-state index in [2.05, 4.69) is 10.9 Å². The lowest BCUT2D eigenvalue weighted by Crippen LogP contribution is -1.88. The van der Waals surface area contributed by atoms with Crippen LogP contribution in [-0.4, -0.2) is 23.2 Å². The summed E-state index contributed by atoms with van der Waals surface area (Å²) in [5.41, 5.74) is 7.21. The molecule has 7 rings (SSSR count). The van der Waals surface area contributed by atoms with Crippen molar-refractivity contribution in [2.24, 2.45) is 0 Å². The number of nitrogens with zero attached hydrogens (tertiary/aromatic N) is 7. The summed E-state index contributed by atoms with van der Waals surface area (Å²) in [5.74, 6) is 1.43. The Labute approximate surface area is 162 Å². The first-order valence-corrected chi connectivity index (χ1v) is 9.06. The van der Waals surface area contributed by atoms with Crippen molar-refractivity contribution in [3.63, 3.8) is 0 Å². The Morgan fingerprint density at radius 2 is 1.38 bits per heavy atom. The van der Waals surface area contributed by atoms with Gasteiger partial charge in [-0.3, -0.25) is 8.80 Å². The van der Waals surface area contributed by atoms with Gasteiger partial charge in [0.05, 0.1) is 45.2 Å². The van der Waals surface area contributed by atoms with Gasteiger partial charge in [0.15, 0.2) is 0 Å². The third-order valence-corrected chi connectivity index (χ3v) is 5.64. The number of rotatable bonds is 0. The standard InChI is InChI=1S/C22H9N7/c1-24-13-6-3-8-15-19(13)28-17-10-4-9-16-20(17)29(22(28)26-15)21-25-14-7-2-5-12(11-23)18(14)27(16)21/h2-10H. The molecule has 0 atom stereocenters. The van der Waals surface area contributed by atoms with Gasteiger partial charge in [0.25, 0.3) is 0 Å². The molecule has 0 unspecified atom stereocenters. The zero-order chi connectivity index (χ0) is 19.3. The van der Waals surface area contributed by atoms with Crippen LogP contribution in [0.5, 0.6) is 0 Å². The molecule has 0 amide bonds. The molecule has 7 heteroatoms. The Hall–Kier alpha value is -4.62. The van der Waals surface area contributed by atoms with Gasteiger partial charge in [-0.15, -0.1) is 0 Å². The molecule has 0 N–H and O–H groups in total. The summed E-state index contributed by atoms with van der Waals surface area (Å²) in [6.07, 6.45) is 0. The van der Waals surface area contributed by atoms with Crippen LogP contribution in [0.1, 0.15) is 5.56 Å². The Bertz CT molecular complexity index is 1750. The number of fused-ring (bicyclic) bond motifs is 10. The first kappa shape index (κ1) is 14.4. The van der Waals surface area contributed by atoms with E-state index >= 15 is 0 Å². The number of aromatic nitrogens is 5. The maximum absolute atomic E-state index is 9.63. The summed E-state index contributed by atoms with van der Waals surface area (Å²) in [4.78, 5) is 13.4. The van der Waals surface area contributed by atoms with E-state index in [1.54, 1.807) is 0 Å². The minimum absolute atomic E-state index is 0.570. The molecule has 29 heavy (non-hydrogen) atoms. The number of hydrogen-bond acceptors (Lipinski definition) is 3. The predicted molar refractivity (Wildman–Crippen MR) is 110 cm³/mol. The Morgan fingerprint density at radius 3 is 2.07 bits per heavy atom. The highest BCUT2D eigenvalue weighted by molar-refractivity contribution is 6.05. The van der Waals surface area contributed by atoms with Crippen molar-refractivity contribution in [3.05, 3.63) is 71.6 Å². The van der Waals surface area contributed by atoms with E-state index in [0.717, 1.165) is 38.6 Å². The molecule has 132 valence electrons.